The summed E-state index contributed by atoms with van der Waals surface area (Å²) in [5, 5.41) is 14.4. The van der Waals surface area contributed by atoms with Gasteiger partial charge in [0.1, 0.15) is 41.8 Å². The van der Waals surface area contributed by atoms with Gasteiger partial charge in [0.15, 0.2) is 47.3 Å². The number of phenols is 1. The maximum Gasteiger partial charge on any atom is 0.272 e. The number of rotatable bonds is 14. The number of phenolic OH excluding ortho intramolecular Hbond substituents is 1. The van der Waals surface area contributed by atoms with E-state index in [2.05, 4.69) is 85.7 Å². The number of ether oxygens (including phenoxy) is 5. The standard InChI is InChI=1S/C15H18FNO3.C12H10FNO3.C10H8BrFN2O.C10H9FN2O2.C7H8BrFN2.C6H13BrO2.CH3I.CH4/c1-4-19-10(2)9-20-15-12(16)7-5-11-6-8-13(18)17(3)14(11)15;1-14-10(16)5-3-8-2-4-9(13)12(11(8)14)17-7-6-15;1-5-10(15)14(2)9-7(13-5)4-3-6(12)8(9)11;1-5-10(15)13(2)8-7(12-5)4-3-6(11)9(8)14;1-11-7-5(10)3-2-4(9)6(7)8;1-3-8-6(5-7)9-4-2;1-2;/h5-8,10H,4,9H2,1-3H3;2-6H,7H2,1H3;3-4H,1-2H3;3-4,14H,1-2H3;2-3,11H,10H2,1H3;6H,3-5H2,1-2H3;1H3;1H4. The summed E-state index contributed by atoms with van der Waals surface area (Å²) in [6.45, 7) is 12.8. The fourth-order valence-electron chi connectivity index (χ4n) is 8.15. The zero-order chi connectivity index (χ0) is 67.0. The molecule has 4 N–H and O–H groups in total. The minimum Gasteiger partial charge on any atom is -0.503 e. The molecule has 0 bridgehead atoms. The number of fused-ring (bicyclic) bond motifs is 4. The molecule has 0 spiro atoms. The van der Waals surface area contributed by atoms with Crippen LogP contribution in [0, 0.1) is 42.9 Å². The number of hydrogen-bond acceptors (Lipinski definition) is 15. The van der Waals surface area contributed by atoms with Crippen molar-refractivity contribution in [2.24, 2.45) is 28.2 Å². The second-order valence-corrected chi connectivity index (χ2v) is 20.6. The van der Waals surface area contributed by atoms with E-state index >= 15 is 0 Å². The number of nitrogens with zero attached hydrogens (tertiary/aromatic N) is 6. The van der Waals surface area contributed by atoms with Gasteiger partial charge in [-0.2, -0.15) is 0 Å². The van der Waals surface area contributed by atoms with E-state index < -0.39 is 29.0 Å². The number of hydrogen-bond donors (Lipinski definition) is 3. The Labute approximate surface area is 555 Å². The average Bonchev–Trinajstić information content (AvgIpc) is 0.862. The van der Waals surface area contributed by atoms with Gasteiger partial charge in [-0.3, -0.25) is 24.0 Å². The summed E-state index contributed by atoms with van der Waals surface area (Å²) in [4.78, 5) is 66.6. The Kier molecular flexibility index (Phi) is 34.1. The van der Waals surface area contributed by atoms with E-state index in [4.69, 9.17) is 29.4 Å². The van der Waals surface area contributed by atoms with E-state index in [9.17, 15) is 51.0 Å². The molecule has 28 heteroatoms. The highest BCUT2D eigenvalue weighted by Crippen LogP contribution is 2.32. The van der Waals surface area contributed by atoms with E-state index in [0.717, 1.165) is 16.8 Å². The van der Waals surface area contributed by atoms with Crippen molar-refractivity contribution in [1.29, 1.82) is 0 Å². The van der Waals surface area contributed by atoms with Crippen molar-refractivity contribution < 1.29 is 55.5 Å². The van der Waals surface area contributed by atoms with Crippen LogP contribution in [0.15, 0.2) is 113 Å². The Hall–Kier alpha value is -6.83. The van der Waals surface area contributed by atoms with Gasteiger partial charge in [0.05, 0.1) is 59.3 Å². The van der Waals surface area contributed by atoms with E-state index in [-0.39, 0.29) is 82.6 Å². The Bertz CT molecular complexity index is 4010. The molecule has 0 saturated carbocycles. The molecule has 9 rings (SSSR count). The molecule has 19 nitrogen and oxygen atoms in total. The summed E-state index contributed by atoms with van der Waals surface area (Å²) in [7, 11) is 7.89. The first-order valence-electron chi connectivity index (χ1n) is 26.9. The van der Waals surface area contributed by atoms with Gasteiger partial charge >= 0.3 is 0 Å². The number of nitrogens with two attached hydrogens (primary N) is 1. The number of carbonyl (C=O) groups is 1. The van der Waals surface area contributed by atoms with Crippen molar-refractivity contribution in [3.8, 4) is 17.2 Å². The van der Waals surface area contributed by atoms with Gasteiger partial charge in [-0.25, -0.2) is 31.9 Å². The summed E-state index contributed by atoms with van der Waals surface area (Å²) in [5.74, 6) is -3.08. The number of benzene rings is 5. The molecule has 0 aliphatic rings. The maximum absolute atomic E-state index is 14.0. The largest absolute Gasteiger partial charge is 0.503 e. The predicted octanol–water partition coefficient (Wildman–Crippen LogP) is 12.6. The minimum atomic E-state index is -0.761. The number of alkyl halides is 2. The van der Waals surface area contributed by atoms with Crippen LogP contribution in [-0.4, -0.2) is 102 Å². The molecule has 4 aromatic heterocycles. The van der Waals surface area contributed by atoms with Gasteiger partial charge in [-0.15, -0.1) is 0 Å². The fraction of sp³-hybridized carbons (Fsp3) is 0.339. The Morgan fingerprint density at radius 1 is 0.611 bits per heavy atom. The van der Waals surface area contributed by atoms with Crippen molar-refractivity contribution >= 4 is 132 Å². The van der Waals surface area contributed by atoms with E-state index in [1.54, 1.807) is 65.3 Å². The van der Waals surface area contributed by atoms with Gasteiger partial charge in [0.2, 0.25) is 0 Å². The number of carbonyl (C=O) groups excluding carboxylic acids is 1. The Balaban J connectivity index is 0.000000371. The highest BCUT2D eigenvalue weighted by molar-refractivity contribution is 14.1. The fourth-order valence-corrected chi connectivity index (χ4v) is 9.69. The van der Waals surface area contributed by atoms with Gasteiger partial charge < -0.3 is 58.1 Å². The third-order valence-corrected chi connectivity index (χ3v) is 14.5. The molecule has 9 aromatic rings. The Morgan fingerprint density at radius 2 is 1.02 bits per heavy atom. The number of halogens is 9. The van der Waals surface area contributed by atoms with Crippen LogP contribution in [0.4, 0.5) is 33.3 Å². The first kappa shape index (κ1) is 79.3. The summed E-state index contributed by atoms with van der Waals surface area (Å²) >= 11 is 11.6. The summed E-state index contributed by atoms with van der Waals surface area (Å²) in [6.07, 6.45) is 0.315. The quantitative estimate of drug-likeness (QED) is 0.0229. The Morgan fingerprint density at radius 3 is 1.47 bits per heavy atom. The lowest BCUT2D eigenvalue weighted by atomic mass is 10.2. The SMILES string of the molecule is C.CCOC(C)COc1c(F)ccc2ccc(=O)n(C)c12.CCOC(CBr)OCC.CI.CNc1c(N)ccc(F)c1Br.Cc1nc2ccc(F)c(Br)c2n(C)c1=O.Cc1nc2ccc(F)c(O)c2n(C)c1=O.Cn1c(=O)ccc2ccc(F)c(OCC=O)c21. The number of aryl methyl sites for hydroxylation is 6. The van der Waals surface area contributed by atoms with Crippen LogP contribution in [-0.2, 0) is 47.2 Å². The van der Waals surface area contributed by atoms with Crippen LogP contribution in [0.3, 0.4) is 0 Å². The van der Waals surface area contributed by atoms with Gasteiger partial charge in [-0.1, -0.05) is 45.9 Å². The van der Waals surface area contributed by atoms with E-state index in [0.29, 0.717) is 86.3 Å². The number of aromatic hydroxyl groups is 1. The number of nitrogen functional groups attached to an aromatic ring is 1. The van der Waals surface area contributed by atoms with Crippen molar-refractivity contribution in [2.75, 3.05) is 61.4 Å². The molecular weight excluding hydrogens is 1490 g/mol. The van der Waals surface area contributed by atoms with Crippen LogP contribution in [0.25, 0.3) is 43.9 Å². The molecule has 4 heterocycles. The second kappa shape index (κ2) is 38.8. The molecule has 0 saturated heterocycles. The van der Waals surface area contributed by atoms with Gasteiger partial charge in [-0.05, 0) is 151 Å². The van der Waals surface area contributed by atoms with Crippen LogP contribution in [0.1, 0.15) is 46.5 Å². The maximum atomic E-state index is 14.0. The third kappa shape index (κ3) is 20.9. The first-order chi connectivity index (χ1) is 42.2. The zero-order valence-corrected chi connectivity index (χ0v) is 57.7. The van der Waals surface area contributed by atoms with Crippen LogP contribution < -0.4 is 42.8 Å². The monoisotopic (exact) mass is 1560 g/mol. The molecule has 0 aliphatic heterocycles. The van der Waals surface area contributed by atoms with Crippen LogP contribution in [0.2, 0.25) is 0 Å². The average molecular weight is 1570 g/mol. The summed E-state index contributed by atoms with van der Waals surface area (Å²) in [6, 6.07) is 20.1. The first-order valence-corrected chi connectivity index (χ1v) is 31.7. The summed E-state index contributed by atoms with van der Waals surface area (Å²) in [5.41, 5.74) is 8.75. The summed E-state index contributed by atoms with van der Waals surface area (Å²) < 4.78 is 98.9. The molecule has 0 radical (unpaired) electrons. The minimum absolute atomic E-state index is 0. The lowest BCUT2D eigenvalue weighted by Gasteiger charge is -2.16. The smallest absolute Gasteiger partial charge is 0.272 e. The van der Waals surface area contributed by atoms with Crippen LogP contribution in [0.5, 0.6) is 17.2 Å². The van der Waals surface area contributed by atoms with Crippen molar-refractivity contribution in [2.45, 2.75) is 61.4 Å². The molecule has 0 amide bonds. The third-order valence-electron chi connectivity index (χ3n) is 12.4. The second-order valence-electron chi connectivity index (χ2n) is 18.3. The number of anilines is 2. The highest BCUT2D eigenvalue weighted by atomic mass is 127. The van der Waals surface area contributed by atoms with Crippen molar-refractivity contribution in [1.82, 2.24) is 28.2 Å². The van der Waals surface area contributed by atoms with E-state index in [1.165, 1.54) is 80.9 Å². The lowest BCUT2D eigenvalue weighted by Crippen LogP contribution is -2.21. The number of nitrogens with one attached hydrogen (secondary N) is 1. The molecule has 5 aromatic carbocycles. The molecule has 0 fully saturated rings. The number of pyridine rings is 2. The normalized spacial score (nSPS) is 10.7. The van der Waals surface area contributed by atoms with Gasteiger partial charge in [0, 0.05) is 78.0 Å². The molecule has 1 atom stereocenters. The molecular formula is C62H73Br3F5IN8O11. The van der Waals surface area contributed by atoms with E-state index in [1.807, 2.05) is 32.6 Å². The van der Waals surface area contributed by atoms with Crippen molar-refractivity contribution in [3.05, 3.63) is 176 Å². The molecule has 1 unspecified atom stereocenters. The lowest BCUT2D eigenvalue weighted by molar-refractivity contribution is -0.119. The topological polar surface area (TPSA) is 235 Å². The highest BCUT2D eigenvalue weighted by Gasteiger charge is 2.17. The van der Waals surface area contributed by atoms with Crippen LogP contribution >= 0.6 is 70.4 Å². The molecule has 90 heavy (non-hydrogen) atoms. The zero-order valence-electron chi connectivity index (χ0n) is 50.7. The molecule has 0 aliphatic carbocycles. The predicted molar refractivity (Wildman–Crippen MR) is 365 cm³/mol. The number of aromatic nitrogens is 6. The van der Waals surface area contributed by atoms with Gasteiger partial charge in [0.25, 0.3) is 22.2 Å². The molecule has 490 valence electrons. The van der Waals surface area contributed by atoms with Crippen molar-refractivity contribution in [3.63, 3.8) is 0 Å². The number of aldehydes is 1.